The molecule has 1 saturated heterocycles. The quantitative estimate of drug-likeness (QED) is 0.365. The lowest BCUT2D eigenvalue weighted by Crippen LogP contribution is -2.41. The van der Waals surface area contributed by atoms with Crippen LogP contribution in [0.15, 0.2) is 59.0 Å². The molecule has 11 heteroatoms. The number of sulfonamides is 1. The SMILES string of the molecule is COC(=O)Nc1ccc(S(=O)(=O)N2CCC(C(=O)Oc3ccc(C=C(C#N)C#N)cc3)CC2)cc1. The van der Waals surface area contributed by atoms with Gasteiger partial charge in [0.05, 0.1) is 17.9 Å². The Morgan fingerprint density at radius 1 is 1.03 bits per heavy atom. The first kappa shape index (κ1) is 25.4. The molecule has 3 rings (SSSR count). The second kappa shape index (κ2) is 11.3. The van der Waals surface area contributed by atoms with Crippen molar-refractivity contribution in [2.45, 2.75) is 17.7 Å². The number of nitriles is 2. The number of amides is 1. The highest BCUT2D eigenvalue weighted by molar-refractivity contribution is 7.89. The highest BCUT2D eigenvalue weighted by Crippen LogP contribution is 2.26. The van der Waals surface area contributed by atoms with Crippen LogP contribution < -0.4 is 10.1 Å². The van der Waals surface area contributed by atoms with Crippen LogP contribution in [0.25, 0.3) is 6.08 Å². The van der Waals surface area contributed by atoms with Crippen molar-refractivity contribution < 1.29 is 27.5 Å². The Morgan fingerprint density at radius 3 is 2.17 bits per heavy atom. The number of hydrogen-bond acceptors (Lipinski definition) is 8. The molecule has 0 unspecified atom stereocenters. The molecule has 0 spiro atoms. The molecule has 1 fully saturated rings. The minimum absolute atomic E-state index is 0.0368. The van der Waals surface area contributed by atoms with E-state index < -0.39 is 28.0 Å². The van der Waals surface area contributed by atoms with Gasteiger partial charge in [-0.1, -0.05) is 12.1 Å². The maximum absolute atomic E-state index is 12.9. The van der Waals surface area contributed by atoms with Crippen molar-refractivity contribution in [3.63, 3.8) is 0 Å². The van der Waals surface area contributed by atoms with Gasteiger partial charge in [-0.3, -0.25) is 10.1 Å². The molecule has 2 aromatic carbocycles. The Kier molecular flexibility index (Phi) is 8.21. The average molecular weight is 495 g/mol. The maximum atomic E-state index is 12.9. The number of anilines is 1. The minimum Gasteiger partial charge on any atom is -0.453 e. The predicted molar refractivity (Wildman–Crippen MR) is 125 cm³/mol. The zero-order chi connectivity index (χ0) is 25.4. The molecule has 0 saturated carbocycles. The van der Waals surface area contributed by atoms with Gasteiger partial charge in [-0.05, 0) is 60.9 Å². The highest BCUT2D eigenvalue weighted by Gasteiger charge is 2.33. The molecule has 1 aliphatic heterocycles. The number of benzene rings is 2. The zero-order valence-corrected chi connectivity index (χ0v) is 19.6. The van der Waals surface area contributed by atoms with Crippen molar-refractivity contribution in [2.75, 3.05) is 25.5 Å². The summed E-state index contributed by atoms with van der Waals surface area (Å²) in [6.45, 7) is 0.332. The van der Waals surface area contributed by atoms with E-state index >= 15 is 0 Å². The van der Waals surface area contributed by atoms with Gasteiger partial charge in [0, 0.05) is 18.8 Å². The molecule has 10 nitrogen and oxygen atoms in total. The molecule has 0 atom stereocenters. The highest BCUT2D eigenvalue weighted by atomic mass is 32.2. The van der Waals surface area contributed by atoms with E-state index in [1.165, 1.54) is 41.8 Å². The third kappa shape index (κ3) is 6.44. The standard InChI is InChI=1S/C24H22N4O6S/c1-33-24(30)27-20-4-8-22(9-5-20)35(31,32)28-12-10-19(11-13-28)23(29)34-21-6-2-17(3-7-21)14-18(15-25)16-26/h2-9,14,19H,10-13H2,1H3,(H,27,30). The molecule has 1 amide bonds. The predicted octanol–water partition coefficient (Wildman–Crippen LogP) is 3.30. The van der Waals surface area contributed by atoms with Crippen molar-refractivity contribution in [1.29, 1.82) is 10.5 Å². The topological polar surface area (TPSA) is 150 Å². The zero-order valence-electron chi connectivity index (χ0n) is 18.8. The number of hydrogen-bond donors (Lipinski definition) is 1. The summed E-state index contributed by atoms with van der Waals surface area (Å²) in [4.78, 5) is 23.9. The smallest absolute Gasteiger partial charge is 0.411 e. The van der Waals surface area contributed by atoms with Crippen molar-refractivity contribution in [3.05, 3.63) is 59.7 Å². The Hall–Kier alpha value is -4.19. The molecule has 1 aliphatic rings. The monoisotopic (exact) mass is 494 g/mol. The number of esters is 1. The fourth-order valence-corrected chi connectivity index (χ4v) is 4.92. The van der Waals surface area contributed by atoms with Gasteiger partial charge in [0.25, 0.3) is 0 Å². The number of rotatable bonds is 6. The molecule has 0 aliphatic carbocycles. The van der Waals surface area contributed by atoms with E-state index in [9.17, 15) is 18.0 Å². The van der Waals surface area contributed by atoms with E-state index in [0.29, 0.717) is 29.8 Å². The number of piperidine rings is 1. The van der Waals surface area contributed by atoms with Crippen LogP contribution in [0.1, 0.15) is 18.4 Å². The molecule has 1 N–H and O–H groups in total. The third-order valence-electron chi connectivity index (χ3n) is 5.36. The first-order chi connectivity index (χ1) is 16.8. The van der Waals surface area contributed by atoms with Crippen molar-refractivity contribution in [1.82, 2.24) is 4.31 Å². The van der Waals surface area contributed by atoms with E-state index in [-0.39, 0.29) is 23.6 Å². The number of nitrogens with one attached hydrogen (secondary N) is 1. The van der Waals surface area contributed by atoms with Crippen molar-refractivity contribution in [3.8, 4) is 17.9 Å². The maximum Gasteiger partial charge on any atom is 0.411 e. The van der Waals surface area contributed by atoms with Crippen LogP contribution >= 0.6 is 0 Å². The normalized spacial score (nSPS) is 14.1. The number of nitrogens with zero attached hydrogens (tertiary/aromatic N) is 3. The van der Waals surface area contributed by atoms with E-state index in [2.05, 4.69) is 10.1 Å². The van der Waals surface area contributed by atoms with Gasteiger partial charge in [-0.25, -0.2) is 13.2 Å². The van der Waals surface area contributed by atoms with E-state index in [4.69, 9.17) is 15.3 Å². The fraction of sp³-hybridized carbons (Fsp3) is 0.250. The summed E-state index contributed by atoms with van der Waals surface area (Å²) in [6.07, 6.45) is 1.39. The second-order valence-electron chi connectivity index (χ2n) is 7.59. The van der Waals surface area contributed by atoms with Gasteiger partial charge >= 0.3 is 12.1 Å². The van der Waals surface area contributed by atoms with Gasteiger partial charge in [0.2, 0.25) is 10.0 Å². The van der Waals surface area contributed by atoms with E-state index in [1.807, 2.05) is 0 Å². The third-order valence-corrected chi connectivity index (χ3v) is 7.27. The average Bonchev–Trinajstić information content (AvgIpc) is 2.88. The molecule has 2 aromatic rings. The van der Waals surface area contributed by atoms with Gasteiger partial charge < -0.3 is 9.47 Å². The van der Waals surface area contributed by atoms with Gasteiger partial charge in [-0.15, -0.1) is 0 Å². The summed E-state index contributed by atoms with van der Waals surface area (Å²) in [5.41, 5.74) is 0.984. The van der Waals surface area contributed by atoms with Crippen LogP contribution in [0, 0.1) is 28.6 Å². The summed E-state index contributed by atoms with van der Waals surface area (Å²) in [5, 5.41) is 20.1. The summed E-state index contributed by atoms with van der Waals surface area (Å²) in [6, 6.07) is 15.7. The summed E-state index contributed by atoms with van der Waals surface area (Å²) >= 11 is 0. The van der Waals surface area contributed by atoms with Crippen LogP contribution in [-0.4, -0.2) is 45.0 Å². The first-order valence-electron chi connectivity index (χ1n) is 10.6. The molecular weight excluding hydrogens is 472 g/mol. The first-order valence-corrected chi connectivity index (χ1v) is 12.0. The number of carbonyl (C=O) groups excluding carboxylic acids is 2. The van der Waals surface area contributed by atoms with Crippen LogP contribution in [0.3, 0.4) is 0 Å². The fourth-order valence-electron chi connectivity index (χ4n) is 3.45. The number of ether oxygens (including phenoxy) is 2. The lowest BCUT2D eigenvalue weighted by atomic mass is 9.98. The Morgan fingerprint density at radius 2 is 1.63 bits per heavy atom. The van der Waals surface area contributed by atoms with Crippen LogP contribution in [0.2, 0.25) is 0 Å². The second-order valence-corrected chi connectivity index (χ2v) is 9.53. The van der Waals surface area contributed by atoms with Crippen LogP contribution in [0.5, 0.6) is 5.75 Å². The van der Waals surface area contributed by atoms with Crippen LogP contribution in [-0.2, 0) is 19.6 Å². The number of methoxy groups -OCH3 is 1. The molecule has 180 valence electrons. The largest absolute Gasteiger partial charge is 0.453 e. The minimum atomic E-state index is -3.75. The number of carbonyl (C=O) groups is 2. The van der Waals surface area contributed by atoms with Gasteiger partial charge in [-0.2, -0.15) is 14.8 Å². The summed E-state index contributed by atoms with van der Waals surface area (Å²) in [5.74, 6) is -0.576. The summed E-state index contributed by atoms with van der Waals surface area (Å²) < 4.78 is 37.1. The molecule has 0 aromatic heterocycles. The molecular formula is C24H22N4O6S. The Balaban J connectivity index is 1.56. The molecule has 0 bridgehead atoms. The van der Waals surface area contributed by atoms with Crippen molar-refractivity contribution >= 4 is 33.8 Å². The molecule has 0 radical (unpaired) electrons. The van der Waals surface area contributed by atoms with Crippen LogP contribution in [0.4, 0.5) is 10.5 Å². The number of allylic oxidation sites excluding steroid dienone is 1. The Bertz CT molecular complexity index is 1280. The van der Waals surface area contributed by atoms with Crippen molar-refractivity contribution in [2.24, 2.45) is 5.92 Å². The van der Waals surface area contributed by atoms with E-state index in [1.54, 1.807) is 36.4 Å². The van der Waals surface area contributed by atoms with Gasteiger partial charge in [0.15, 0.2) is 0 Å². The summed E-state index contributed by atoms with van der Waals surface area (Å²) in [7, 11) is -2.53. The lowest BCUT2D eigenvalue weighted by Gasteiger charge is -2.30. The molecule has 35 heavy (non-hydrogen) atoms. The lowest BCUT2D eigenvalue weighted by molar-refractivity contribution is -0.140. The van der Waals surface area contributed by atoms with Gasteiger partial charge in [0.1, 0.15) is 23.5 Å². The Labute approximate surface area is 203 Å². The molecule has 1 heterocycles. The van der Waals surface area contributed by atoms with E-state index in [0.717, 1.165) is 0 Å².